The molecule has 19 heavy (non-hydrogen) atoms. The zero-order valence-corrected chi connectivity index (χ0v) is 12.2. The van der Waals surface area contributed by atoms with Crippen molar-refractivity contribution < 1.29 is 4.79 Å². The first-order chi connectivity index (χ1) is 9.20. The van der Waals surface area contributed by atoms with Gasteiger partial charge in [0.25, 0.3) is 0 Å². The van der Waals surface area contributed by atoms with E-state index in [1.807, 2.05) is 16.8 Å². The van der Waals surface area contributed by atoms with Gasteiger partial charge in [-0.1, -0.05) is 0 Å². The Kier molecular flexibility index (Phi) is 3.86. The van der Waals surface area contributed by atoms with Crippen molar-refractivity contribution in [3.05, 3.63) is 22.4 Å². The maximum Gasteiger partial charge on any atom is 0.224 e. The van der Waals surface area contributed by atoms with Crippen LogP contribution in [-0.4, -0.2) is 61.0 Å². The number of thiophene rings is 1. The van der Waals surface area contributed by atoms with E-state index in [1.54, 1.807) is 11.3 Å². The lowest BCUT2D eigenvalue weighted by Gasteiger charge is -2.34. The Bertz CT molecular complexity index is 434. The second-order valence-electron chi connectivity index (χ2n) is 5.72. The van der Waals surface area contributed by atoms with Gasteiger partial charge < -0.3 is 10.2 Å². The fourth-order valence-corrected chi connectivity index (χ4v) is 3.83. The van der Waals surface area contributed by atoms with Crippen LogP contribution in [0.5, 0.6) is 0 Å². The van der Waals surface area contributed by atoms with Gasteiger partial charge in [-0.2, -0.15) is 11.3 Å². The minimum Gasteiger partial charge on any atom is -0.352 e. The van der Waals surface area contributed by atoms with E-state index < -0.39 is 0 Å². The number of carbonyl (C=O) groups is 1. The average molecular weight is 279 g/mol. The predicted octanol–water partition coefficient (Wildman–Crippen LogP) is 0.795. The Morgan fingerprint density at radius 2 is 2.37 bits per heavy atom. The third kappa shape index (κ3) is 3.16. The molecule has 0 saturated carbocycles. The maximum absolute atomic E-state index is 12.0. The van der Waals surface area contributed by atoms with Crippen molar-refractivity contribution in [2.45, 2.75) is 24.9 Å². The molecule has 1 aromatic rings. The normalized spacial score (nSPS) is 28.3. The first kappa shape index (κ1) is 13.1. The van der Waals surface area contributed by atoms with Gasteiger partial charge in [-0.15, -0.1) is 0 Å². The molecule has 3 rings (SSSR count). The minimum absolute atomic E-state index is 0.164. The lowest BCUT2D eigenvalue weighted by atomic mass is 10.1. The molecule has 2 aliphatic heterocycles. The van der Waals surface area contributed by atoms with Crippen LogP contribution in [0.4, 0.5) is 0 Å². The summed E-state index contributed by atoms with van der Waals surface area (Å²) in [5.74, 6) is 0.164. The monoisotopic (exact) mass is 279 g/mol. The molecule has 3 heterocycles. The van der Waals surface area contributed by atoms with Crippen LogP contribution in [0.2, 0.25) is 0 Å². The molecule has 0 bridgehead atoms. The molecular formula is C14H21N3OS. The van der Waals surface area contributed by atoms with Crippen molar-refractivity contribution >= 4 is 17.2 Å². The van der Waals surface area contributed by atoms with Crippen LogP contribution >= 0.6 is 11.3 Å². The number of rotatable bonds is 3. The third-order valence-electron chi connectivity index (χ3n) is 4.13. The number of likely N-dealkylation sites (N-methyl/N-ethyl adjacent to an activating group) is 1. The van der Waals surface area contributed by atoms with E-state index in [4.69, 9.17) is 0 Å². The minimum atomic E-state index is 0.164. The lowest BCUT2D eigenvalue weighted by Crippen LogP contribution is -2.48. The topological polar surface area (TPSA) is 35.6 Å². The summed E-state index contributed by atoms with van der Waals surface area (Å²) in [5.41, 5.74) is 1.12. The van der Waals surface area contributed by atoms with Crippen LogP contribution in [-0.2, 0) is 11.2 Å². The van der Waals surface area contributed by atoms with Crippen LogP contribution in [0.15, 0.2) is 16.8 Å². The average Bonchev–Trinajstić information content (AvgIpc) is 2.97. The van der Waals surface area contributed by atoms with Crippen molar-refractivity contribution in [1.29, 1.82) is 0 Å². The first-order valence-corrected chi connectivity index (χ1v) is 7.88. The second-order valence-corrected chi connectivity index (χ2v) is 6.50. The summed E-state index contributed by atoms with van der Waals surface area (Å²) < 4.78 is 0. The molecular weight excluding hydrogens is 258 g/mol. The van der Waals surface area contributed by atoms with Gasteiger partial charge in [0, 0.05) is 38.3 Å². The standard InChI is InChI=1S/C14H21N3OS/c1-16-3-4-17-8-12(7-13(17)9-16)15-14(18)6-11-2-5-19-10-11/h2,5,10,12-13H,3-4,6-9H2,1H3,(H,15,18)/t12-,13-/m0/s1. The van der Waals surface area contributed by atoms with Gasteiger partial charge in [-0.05, 0) is 35.9 Å². The van der Waals surface area contributed by atoms with E-state index in [2.05, 4.69) is 22.2 Å². The number of nitrogens with one attached hydrogen (secondary N) is 1. The summed E-state index contributed by atoms with van der Waals surface area (Å²) >= 11 is 1.65. The Hall–Kier alpha value is -0.910. The second kappa shape index (κ2) is 5.61. The van der Waals surface area contributed by atoms with Gasteiger partial charge in [0.1, 0.15) is 0 Å². The van der Waals surface area contributed by atoms with E-state index in [0.717, 1.165) is 38.2 Å². The zero-order valence-electron chi connectivity index (χ0n) is 11.3. The summed E-state index contributed by atoms with van der Waals surface area (Å²) in [7, 11) is 2.18. The van der Waals surface area contributed by atoms with E-state index in [1.165, 1.54) is 0 Å². The number of piperazine rings is 1. The number of hydrogen-bond acceptors (Lipinski definition) is 4. The summed E-state index contributed by atoms with van der Waals surface area (Å²) in [6, 6.07) is 2.99. The van der Waals surface area contributed by atoms with Crippen LogP contribution in [0.3, 0.4) is 0 Å². The highest BCUT2D eigenvalue weighted by Crippen LogP contribution is 2.21. The van der Waals surface area contributed by atoms with Crippen LogP contribution in [0.25, 0.3) is 0 Å². The smallest absolute Gasteiger partial charge is 0.224 e. The number of carbonyl (C=O) groups excluding carboxylic acids is 1. The Balaban J connectivity index is 1.50. The van der Waals surface area contributed by atoms with Gasteiger partial charge >= 0.3 is 0 Å². The third-order valence-corrected chi connectivity index (χ3v) is 4.86. The molecule has 5 heteroatoms. The summed E-state index contributed by atoms with van der Waals surface area (Å²) in [4.78, 5) is 16.9. The SMILES string of the molecule is CN1CCN2C[C@@H](NC(=O)Cc3ccsc3)C[C@H]2C1. The Labute approximate surface area is 118 Å². The number of hydrogen-bond donors (Lipinski definition) is 1. The van der Waals surface area contributed by atoms with E-state index >= 15 is 0 Å². The summed E-state index contributed by atoms with van der Waals surface area (Å²) in [5, 5.41) is 7.26. The highest BCUT2D eigenvalue weighted by atomic mass is 32.1. The molecule has 104 valence electrons. The van der Waals surface area contributed by atoms with Gasteiger partial charge in [0.2, 0.25) is 5.91 Å². The van der Waals surface area contributed by atoms with E-state index in [-0.39, 0.29) is 5.91 Å². The molecule has 0 aromatic carbocycles. The van der Waals surface area contributed by atoms with Crippen molar-refractivity contribution in [3.8, 4) is 0 Å². The van der Waals surface area contributed by atoms with Crippen LogP contribution in [0.1, 0.15) is 12.0 Å². The van der Waals surface area contributed by atoms with E-state index in [0.29, 0.717) is 18.5 Å². The molecule has 2 aliphatic rings. The molecule has 0 spiro atoms. The van der Waals surface area contributed by atoms with E-state index in [9.17, 15) is 4.79 Å². The predicted molar refractivity (Wildman–Crippen MR) is 77.4 cm³/mol. The summed E-state index contributed by atoms with van der Waals surface area (Å²) in [6.45, 7) is 4.44. The number of amides is 1. The van der Waals surface area contributed by atoms with Crippen molar-refractivity contribution in [3.63, 3.8) is 0 Å². The molecule has 0 unspecified atom stereocenters. The Morgan fingerprint density at radius 3 is 3.16 bits per heavy atom. The van der Waals surface area contributed by atoms with Gasteiger partial charge in [0.05, 0.1) is 6.42 Å². The fraction of sp³-hybridized carbons (Fsp3) is 0.643. The number of nitrogens with zero attached hydrogens (tertiary/aromatic N) is 2. The molecule has 0 radical (unpaired) electrons. The van der Waals surface area contributed by atoms with Crippen molar-refractivity contribution in [2.24, 2.45) is 0 Å². The zero-order chi connectivity index (χ0) is 13.2. The Morgan fingerprint density at radius 1 is 1.47 bits per heavy atom. The molecule has 1 aromatic heterocycles. The quantitative estimate of drug-likeness (QED) is 0.889. The fourth-order valence-electron chi connectivity index (χ4n) is 3.16. The maximum atomic E-state index is 12.0. The van der Waals surface area contributed by atoms with Crippen LogP contribution in [0, 0.1) is 0 Å². The van der Waals surface area contributed by atoms with Crippen molar-refractivity contribution in [1.82, 2.24) is 15.1 Å². The molecule has 0 aliphatic carbocycles. The van der Waals surface area contributed by atoms with Gasteiger partial charge in [-0.25, -0.2) is 0 Å². The molecule has 2 fully saturated rings. The molecule has 2 saturated heterocycles. The van der Waals surface area contributed by atoms with Crippen LogP contribution < -0.4 is 5.32 Å². The molecule has 2 atom stereocenters. The first-order valence-electron chi connectivity index (χ1n) is 6.94. The number of fused-ring (bicyclic) bond motifs is 1. The highest BCUT2D eigenvalue weighted by Gasteiger charge is 2.35. The lowest BCUT2D eigenvalue weighted by molar-refractivity contribution is -0.121. The largest absolute Gasteiger partial charge is 0.352 e. The summed E-state index contributed by atoms with van der Waals surface area (Å²) in [6.07, 6.45) is 1.62. The molecule has 1 N–H and O–H groups in total. The molecule has 4 nitrogen and oxygen atoms in total. The van der Waals surface area contributed by atoms with Gasteiger partial charge in [-0.3, -0.25) is 9.69 Å². The van der Waals surface area contributed by atoms with Gasteiger partial charge in [0.15, 0.2) is 0 Å². The molecule has 1 amide bonds. The van der Waals surface area contributed by atoms with Crippen molar-refractivity contribution in [2.75, 3.05) is 33.2 Å². The highest BCUT2D eigenvalue weighted by molar-refractivity contribution is 7.07.